The summed E-state index contributed by atoms with van der Waals surface area (Å²) in [6.45, 7) is 1.97. The van der Waals surface area contributed by atoms with Crippen LogP contribution >= 0.6 is 11.6 Å². The van der Waals surface area contributed by atoms with Gasteiger partial charge in [-0.1, -0.05) is 17.7 Å². The Morgan fingerprint density at radius 3 is 2.68 bits per heavy atom. The van der Waals surface area contributed by atoms with Crippen LogP contribution in [0.3, 0.4) is 0 Å². The van der Waals surface area contributed by atoms with Gasteiger partial charge in [0.1, 0.15) is 5.15 Å². The maximum absolute atomic E-state index is 11.7. The Morgan fingerprint density at radius 2 is 2.05 bits per heavy atom. The molecule has 0 N–H and O–H groups in total. The Bertz CT molecular complexity index is 728. The Balaban J connectivity index is 2.61. The summed E-state index contributed by atoms with van der Waals surface area (Å²) in [6.07, 6.45) is 4.83. The third kappa shape index (κ3) is 3.75. The van der Waals surface area contributed by atoms with E-state index in [-0.39, 0.29) is 0 Å². The molecule has 19 heavy (non-hydrogen) atoms. The first-order chi connectivity index (χ1) is 8.85. The highest BCUT2D eigenvalue weighted by Crippen LogP contribution is 2.27. The van der Waals surface area contributed by atoms with Crippen LogP contribution in [0.15, 0.2) is 34.8 Å². The molecule has 0 bridgehead atoms. The van der Waals surface area contributed by atoms with Crippen molar-refractivity contribution in [2.45, 2.75) is 6.92 Å². The number of nitrogens with zero attached hydrogens (tertiary/aromatic N) is 3. The highest BCUT2D eigenvalue weighted by molar-refractivity contribution is 7.92. The Labute approximate surface area is 118 Å². The lowest BCUT2D eigenvalue weighted by Crippen LogP contribution is -1.92. The van der Waals surface area contributed by atoms with Crippen molar-refractivity contribution in [2.24, 2.45) is 4.36 Å². The Hall–Kier alpha value is -1.46. The number of aromatic nitrogens is 2. The number of pyridine rings is 2. The molecule has 0 aliphatic carbocycles. The van der Waals surface area contributed by atoms with Crippen molar-refractivity contribution >= 4 is 27.1 Å². The minimum atomic E-state index is -2.27. The molecule has 0 aliphatic rings. The zero-order chi connectivity index (χ0) is 14.0. The molecule has 2 aromatic rings. The average molecular weight is 296 g/mol. The van der Waals surface area contributed by atoms with E-state index in [0.717, 1.165) is 16.8 Å². The lowest BCUT2D eigenvalue weighted by molar-refractivity contribution is 0.684. The normalized spacial score (nSPS) is 11.4. The molecule has 0 atom stereocenters. The van der Waals surface area contributed by atoms with Crippen LogP contribution in [0.4, 0.5) is 5.82 Å². The summed E-state index contributed by atoms with van der Waals surface area (Å²) in [7, 11) is -2.27. The molecule has 0 aromatic carbocycles. The molecular weight excluding hydrogens is 282 g/mol. The van der Waals surface area contributed by atoms with E-state index < -0.39 is 9.73 Å². The smallest absolute Gasteiger partial charge is 0.163 e. The van der Waals surface area contributed by atoms with Gasteiger partial charge in [-0.15, -0.1) is 0 Å². The number of hydrogen-bond donors (Lipinski definition) is 0. The lowest BCUT2D eigenvalue weighted by Gasteiger charge is -2.06. The first-order valence-corrected chi connectivity index (χ1v) is 8.33. The molecule has 2 aromatic heterocycles. The van der Waals surface area contributed by atoms with Gasteiger partial charge in [0, 0.05) is 34.0 Å². The van der Waals surface area contributed by atoms with Crippen LogP contribution in [0.2, 0.25) is 5.15 Å². The molecular formula is C13H14ClN3OS. The van der Waals surface area contributed by atoms with Crippen molar-refractivity contribution in [3.05, 3.63) is 41.2 Å². The second-order valence-electron chi connectivity index (χ2n) is 4.48. The van der Waals surface area contributed by atoms with Crippen molar-refractivity contribution in [1.29, 1.82) is 0 Å². The first kappa shape index (κ1) is 14.0. The van der Waals surface area contributed by atoms with Crippen molar-refractivity contribution in [3.8, 4) is 11.3 Å². The van der Waals surface area contributed by atoms with Gasteiger partial charge in [0.15, 0.2) is 5.82 Å². The lowest BCUT2D eigenvalue weighted by atomic mass is 10.1. The summed E-state index contributed by atoms with van der Waals surface area (Å²) < 4.78 is 15.8. The fourth-order valence-corrected chi connectivity index (χ4v) is 2.43. The summed E-state index contributed by atoms with van der Waals surface area (Å²) >= 11 is 5.99. The van der Waals surface area contributed by atoms with Gasteiger partial charge < -0.3 is 0 Å². The van der Waals surface area contributed by atoms with Gasteiger partial charge in [-0.25, -0.2) is 9.19 Å². The fourth-order valence-electron chi connectivity index (χ4n) is 1.68. The molecule has 0 saturated heterocycles. The molecule has 2 heterocycles. The molecule has 0 saturated carbocycles. The van der Waals surface area contributed by atoms with E-state index in [4.69, 9.17) is 11.6 Å². The third-order valence-corrected chi connectivity index (χ3v) is 3.20. The fraction of sp³-hybridized carbons (Fsp3) is 0.231. The summed E-state index contributed by atoms with van der Waals surface area (Å²) in [6, 6.07) is 7.31. The number of rotatable bonds is 2. The van der Waals surface area contributed by atoms with Gasteiger partial charge in [-0.2, -0.15) is 4.36 Å². The summed E-state index contributed by atoms with van der Waals surface area (Å²) in [5.41, 5.74) is 2.67. The topological polar surface area (TPSA) is 55.2 Å². The monoisotopic (exact) mass is 295 g/mol. The molecule has 2 rings (SSSR count). The van der Waals surface area contributed by atoms with Crippen molar-refractivity contribution in [1.82, 2.24) is 9.97 Å². The molecule has 4 nitrogen and oxygen atoms in total. The van der Waals surface area contributed by atoms with Gasteiger partial charge in [0.2, 0.25) is 0 Å². The minimum Gasteiger partial charge on any atom is -0.256 e. The van der Waals surface area contributed by atoms with E-state index in [9.17, 15) is 4.21 Å². The van der Waals surface area contributed by atoms with Crippen LogP contribution in [0.5, 0.6) is 0 Å². The summed E-state index contributed by atoms with van der Waals surface area (Å²) in [4.78, 5) is 8.39. The molecule has 100 valence electrons. The van der Waals surface area contributed by atoms with E-state index in [2.05, 4.69) is 14.3 Å². The van der Waals surface area contributed by atoms with Crippen molar-refractivity contribution in [3.63, 3.8) is 0 Å². The van der Waals surface area contributed by atoms with E-state index in [1.165, 1.54) is 0 Å². The number of halogens is 1. The van der Waals surface area contributed by atoms with Crippen LogP contribution in [0.1, 0.15) is 5.56 Å². The first-order valence-electron chi connectivity index (χ1n) is 5.62. The van der Waals surface area contributed by atoms with Crippen molar-refractivity contribution in [2.75, 3.05) is 12.5 Å². The molecule has 0 radical (unpaired) electrons. The van der Waals surface area contributed by atoms with Crippen LogP contribution in [0.25, 0.3) is 11.3 Å². The molecule has 0 amide bonds. The molecule has 0 unspecified atom stereocenters. The molecule has 0 spiro atoms. The second-order valence-corrected chi connectivity index (χ2v) is 7.41. The van der Waals surface area contributed by atoms with Crippen LogP contribution < -0.4 is 0 Å². The van der Waals surface area contributed by atoms with Crippen LogP contribution in [0, 0.1) is 6.92 Å². The summed E-state index contributed by atoms with van der Waals surface area (Å²) in [5, 5.41) is 0.310. The average Bonchev–Trinajstić information content (AvgIpc) is 2.26. The zero-order valence-electron chi connectivity index (χ0n) is 10.9. The summed E-state index contributed by atoms with van der Waals surface area (Å²) in [5.74, 6) is 0.363. The van der Waals surface area contributed by atoms with E-state index in [0.29, 0.717) is 11.0 Å². The largest absolute Gasteiger partial charge is 0.256 e. The molecule has 6 heteroatoms. The van der Waals surface area contributed by atoms with Crippen LogP contribution in [-0.4, -0.2) is 26.7 Å². The highest BCUT2D eigenvalue weighted by Gasteiger charge is 2.07. The number of hydrogen-bond acceptors (Lipinski definition) is 4. The minimum absolute atomic E-state index is 0.310. The number of aryl methyl sites for hydroxylation is 1. The second kappa shape index (κ2) is 5.27. The standard InChI is InChI=1S/C13H14ClN3OS/c1-9-5-4-6-15-13(9)10-7-11(14)16-12(8-10)17-19(2,3)18/h4-8H,1-3H3. The zero-order valence-corrected chi connectivity index (χ0v) is 12.5. The SMILES string of the molecule is Cc1cccnc1-c1cc(Cl)nc(N=S(C)(C)=O)c1. The van der Waals surface area contributed by atoms with Gasteiger partial charge in [-0.05, 0) is 30.7 Å². The predicted octanol–water partition coefficient (Wildman–Crippen LogP) is 3.46. The molecule has 0 fully saturated rings. The van der Waals surface area contributed by atoms with E-state index >= 15 is 0 Å². The van der Waals surface area contributed by atoms with E-state index in [1.54, 1.807) is 30.8 Å². The van der Waals surface area contributed by atoms with Gasteiger partial charge in [0.05, 0.1) is 5.69 Å². The van der Waals surface area contributed by atoms with Crippen molar-refractivity contribution < 1.29 is 4.21 Å². The van der Waals surface area contributed by atoms with Gasteiger partial charge >= 0.3 is 0 Å². The Morgan fingerprint density at radius 1 is 1.32 bits per heavy atom. The van der Waals surface area contributed by atoms with Crippen LogP contribution in [-0.2, 0) is 9.73 Å². The van der Waals surface area contributed by atoms with E-state index in [1.807, 2.05) is 19.1 Å². The van der Waals surface area contributed by atoms with Gasteiger partial charge in [-0.3, -0.25) is 4.98 Å². The van der Waals surface area contributed by atoms with Gasteiger partial charge in [0.25, 0.3) is 0 Å². The predicted molar refractivity (Wildman–Crippen MR) is 79.3 cm³/mol. The maximum Gasteiger partial charge on any atom is 0.163 e. The Kier molecular flexibility index (Phi) is 3.87. The highest BCUT2D eigenvalue weighted by atomic mass is 35.5. The molecule has 0 aliphatic heterocycles. The quantitative estimate of drug-likeness (QED) is 0.797. The third-order valence-electron chi connectivity index (χ3n) is 2.38. The maximum atomic E-state index is 11.7.